The van der Waals surface area contributed by atoms with E-state index >= 15 is 0 Å². The summed E-state index contributed by atoms with van der Waals surface area (Å²) in [6.45, 7) is 3.67. The van der Waals surface area contributed by atoms with Crippen LogP contribution in [-0.2, 0) is 0 Å². The van der Waals surface area contributed by atoms with E-state index in [1.165, 1.54) is 6.92 Å². The highest BCUT2D eigenvalue weighted by Gasteiger charge is 2.36. The van der Waals surface area contributed by atoms with Gasteiger partial charge in [-0.15, -0.1) is 0 Å². The molecule has 0 spiro atoms. The molecule has 0 amide bonds. The first kappa shape index (κ1) is 12.9. The molecule has 2 aliphatic rings. The highest BCUT2D eigenvalue weighted by atomic mass is 19.2. The summed E-state index contributed by atoms with van der Waals surface area (Å²) < 4.78 is 42.5. The van der Waals surface area contributed by atoms with E-state index in [0.717, 1.165) is 12.8 Å². The minimum absolute atomic E-state index is 0.111. The van der Waals surface area contributed by atoms with Gasteiger partial charge in [0.05, 0.1) is 0 Å². The molecule has 0 radical (unpaired) electrons. The molecule has 0 nitrogen and oxygen atoms in total. The molecule has 0 N–H and O–H groups in total. The summed E-state index contributed by atoms with van der Waals surface area (Å²) in [4.78, 5) is 0. The van der Waals surface area contributed by atoms with E-state index in [4.69, 9.17) is 0 Å². The molecule has 0 aliphatic heterocycles. The SMILES string of the molecule is Cc1cc2c(c(F)c1F)-c1c-2ccc(C2CC(C)C2)c1F. The van der Waals surface area contributed by atoms with Gasteiger partial charge in [-0.2, -0.15) is 0 Å². The van der Waals surface area contributed by atoms with Crippen LogP contribution >= 0.6 is 0 Å². The smallest absolute Gasteiger partial charge is 0.167 e. The molecule has 1 fully saturated rings. The summed E-state index contributed by atoms with van der Waals surface area (Å²) in [5.74, 6) is -1.33. The van der Waals surface area contributed by atoms with Crippen LogP contribution in [0.3, 0.4) is 0 Å². The van der Waals surface area contributed by atoms with Gasteiger partial charge in [0.2, 0.25) is 0 Å². The standard InChI is InChI=1S/C18H15F3/c1-8-5-10(6-8)11-3-4-12-13-7-9(2)16(19)18(21)15(13)14(12)17(11)20/h3-4,7-8,10H,5-6H2,1-2H3. The van der Waals surface area contributed by atoms with Gasteiger partial charge in [-0.3, -0.25) is 0 Å². The average molecular weight is 288 g/mol. The molecular formula is C18H15F3. The van der Waals surface area contributed by atoms with Crippen molar-refractivity contribution in [1.82, 2.24) is 0 Å². The van der Waals surface area contributed by atoms with Crippen LogP contribution < -0.4 is 0 Å². The van der Waals surface area contributed by atoms with Crippen LogP contribution in [0.2, 0.25) is 0 Å². The topological polar surface area (TPSA) is 0 Å². The number of fused-ring (bicyclic) bond motifs is 4. The van der Waals surface area contributed by atoms with Crippen molar-refractivity contribution in [1.29, 1.82) is 0 Å². The summed E-state index contributed by atoms with van der Waals surface area (Å²) >= 11 is 0. The second kappa shape index (κ2) is 4.12. The lowest BCUT2D eigenvalue weighted by molar-refractivity contribution is 0.282. The molecular weight excluding hydrogens is 273 g/mol. The first-order valence-electron chi connectivity index (χ1n) is 7.30. The van der Waals surface area contributed by atoms with Crippen molar-refractivity contribution >= 4 is 0 Å². The molecule has 0 heterocycles. The Morgan fingerprint density at radius 3 is 2.24 bits per heavy atom. The van der Waals surface area contributed by atoms with Crippen LogP contribution in [0.5, 0.6) is 0 Å². The molecule has 21 heavy (non-hydrogen) atoms. The number of hydrogen-bond donors (Lipinski definition) is 0. The van der Waals surface area contributed by atoms with Gasteiger partial charge in [0.15, 0.2) is 11.6 Å². The third-order valence-electron chi connectivity index (χ3n) is 4.91. The zero-order valence-electron chi connectivity index (χ0n) is 11.9. The molecule has 0 atom stereocenters. The third kappa shape index (κ3) is 1.57. The fourth-order valence-corrected chi connectivity index (χ4v) is 3.68. The first-order chi connectivity index (χ1) is 9.99. The monoisotopic (exact) mass is 288 g/mol. The Morgan fingerprint density at radius 2 is 1.57 bits per heavy atom. The van der Waals surface area contributed by atoms with Crippen molar-refractivity contribution in [3.05, 3.63) is 46.8 Å². The molecule has 4 rings (SSSR count). The normalized spacial score (nSPS) is 22.1. The molecule has 2 aromatic carbocycles. The van der Waals surface area contributed by atoms with Crippen molar-refractivity contribution in [2.24, 2.45) is 5.92 Å². The summed E-state index contributed by atoms with van der Waals surface area (Å²) in [5.41, 5.74) is 2.60. The van der Waals surface area contributed by atoms with Gasteiger partial charge in [0.25, 0.3) is 0 Å². The zero-order chi connectivity index (χ0) is 14.9. The average Bonchev–Trinajstić information content (AvgIpc) is 2.40. The Morgan fingerprint density at radius 1 is 0.905 bits per heavy atom. The quantitative estimate of drug-likeness (QED) is 0.549. The largest absolute Gasteiger partial charge is 0.206 e. The van der Waals surface area contributed by atoms with Crippen molar-refractivity contribution in [3.63, 3.8) is 0 Å². The van der Waals surface area contributed by atoms with E-state index in [1.807, 2.05) is 12.1 Å². The van der Waals surface area contributed by atoms with E-state index in [9.17, 15) is 13.2 Å². The maximum Gasteiger partial charge on any atom is 0.167 e. The third-order valence-corrected chi connectivity index (χ3v) is 4.91. The second-order valence-electron chi connectivity index (χ2n) is 6.41. The Hall–Kier alpha value is -1.77. The molecule has 0 unspecified atom stereocenters. The van der Waals surface area contributed by atoms with Gasteiger partial charge < -0.3 is 0 Å². The molecule has 1 saturated carbocycles. The zero-order valence-corrected chi connectivity index (χ0v) is 11.9. The summed E-state index contributed by atoms with van der Waals surface area (Å²) in [6.07, 6.45) is 1.93. The van der Waals surface area contributed by atoms with Crippen molar-refractivity contribution in [2.45, 2.75) is 32.6 Å². The summed E-state index contributed by atoms with van der Waals surface area (Å²) in [6, 6.07) is 5.25. The van der Waals surface area contributed by atoms with E-state index in [2.05, 4.69) is 6.92 Å². The first-order valence-corrected chi connectivity index (χ1v) is 7.30. The Balaban J connectivity index is 1.86. The minimum atomic E-state index is -0.921. The molecule has 0 saturated heterocycles. The van der Waals surface area contributed by atoms with Gasteiger partial charge in [0.1, 0.15) is 5.82 Å². The Kier molecular flexibility index (Phi) is 2.54. The van der Waals surface area contributed by atoms with Crippen LogP contribution in [0, 0.1) is 30.3 Å². The summed E-state index contributed by atoms with van der Waals surface area (Å²) in [5, 5.41) is 0. The summed E-state index contributed by atoms with van der Waals surface area (Å²) in [7, 11) is 0. The fourth-order valence-electron chi connectivity index (χ4n) is 3.68. The van der Waals surface area contributed by atoms with Gasteiger partial charge in [-0.05, 0) is 59.9 Å². The minimum Gasteiger partial charge on any atom is -0.206 e. The van der Waals surface area contributed by atoms with Crippen LogP contribution in [0.25, 0.3) is 22.3 Å². The highest BCUT2D eigenvalue weighted by Crippen LogP contribution is 2.53. The van der Waals surface area contributed by atoms with E-state index < -0.39 is 11.6 Å². The number of benzene rings is 2. The van der Waals surface area contributed by atoms with Crippen molar-refractivity contribution < 1.29 is 13.2 Å². The van der Waals surface area contributed by atoms with Crippen molar-refractivity contribution in [3.8, 4) is 22.3 Å². The van der Waals surface area contributed by atoms with Crippen LogP contribution in [-0.4, -0.2) is 0 Å². The van der Waals surface area contributed by atoms with Gasteiger partial charge in [-0.25, -0.2) is 13.2 Å². The number of rotatable bonds is 1. The Labute approximate surface area is 121 Å². The maximum absolute atomic E-state index is 14.7. The van der Waals surface area contributed by atoms with Gasteiger partial charge in [-0.1, -0.05) is 19.1 Å². The molecule has 3 heteroatoms. The van der Waals surface area contributed by atoms with E-state index in [1.54, 1.807) is 6.07 Å². The van der Waals surface area contributed by atoms with E-state index in [0.29, 0.717) is 22.6 Å². The fraction of sp³-hybridized carbons (Fsp3) is 0.333. The lowest BCUT2D eigenvalue weighted by Gasteiger charge is -2.35. The maximum atomic E-state index is 14.7. The number of hydrogen-bond acceptors (Lipinski definition) is 0. The lowest BCUT2D eigenvalue weighted by atomic mass is 9.70. The predicted octanol–water partition coefficient (Wildman–Crippen LogP) is 5.57. The van der Waals surface area contributed by atoms with Gasteiger partial charge in [0, 0.05) is 11.1 Å². The van der Waals surface area contributed by atoms with Crippen LogP contribution in [0.4, 0.5) is 13.2 Å². The second-order valence-corrected chi connectivity index (χ2v) is 6.41. The molecule has 2 aromatic rings. The van der Waals surface area contributed by atoms with Gasteiger partial charge >= 0.3 is 0 Å². The number of aryl methyl sites for hydroxylation is 1. The molecule has 2 aliphatic carbocycles. The lowest BCUT2D eigenvalue weighted by Crippen LogP contribution is -2.21. The Bertz CT molecular complexity index is 771. The molecule has 0 bridgehead atoms. The highest BCUT2D eigenvalue weighted by molar-refractivity contribution is 6.03. The van der Waals surface area contributed by atoms with E-state index in [-0.39, 0.29) is 28.4 Å². The van der Waals surface area contributed by atoms with Crippen LogP contribution in [0.1, 0.15) is 36.8 Å². The van der Waals surface area contributed by atoms with Crippen LogP contribution in [0.15, 0.2) is 18.2 Å². The van der Waals surface area contributed by atoms with Crippen molar-refractivity contribution in [2.75, 3.05) is 0 Å². The molecule has 0 aromatic heterocycles. The predicted molar refractivity (Wildman–Crippen MR) is 76.6 cm³/mol. The molecule has 108 valence electrons. The number of halogens is 3.